The number of ether oxygens (including phenoxy) is 1. The van der Waals surface area contributed by atoms with E-state index < -0.39 is 0 Å². The predicted octanol–water partition coefficient (Wildman–Crippen LogP) is 2.91. The lowest BCUT2D eigenvalue weighted by molar-refractivity contribution is -0.119. The van der Waals surface area contributed by atoms with Crippen molar-refractivity contribution in [1.82, 2.24) is 10.2 Å². The third-order valence-electron chi connectivity index (χ3n) is 4.36. The van der Waals surface area contributed by atoms with Crippen LogP contribution in [-0.4, -0.2) is 36.5 Å². The number of amides is 1. The molecule has 1 aliphatic rings. The Morgan fingerprint density at radius 2 is 2.26 bits per heavy atom. The van der Waals surface area contributed by atoms with Crippen LogP contribution in [0.15, 0.2) is 30.9 Å². The minimum atomic E-state index is 0.177. The Hall–Kier alpha value is -1.81. The van der Waals surface area contributed by atoms with Gasteiger partial charge in [0, 0.05) is 31.6 Å². The summed E-state index contributed by atoms with van der Waals surface area (Å²) in [7, 11) is 1.70. The molecule has 1 aromatic carbocycles. The second-order valence-corrected chi connectivity index (χ2v) is 6.47. The number of carbonyl (C=O) groups is 1. The van der Waals surface area contributed by atoms with E-state index in [9.17, 15) is 4.79 Å². The van der Waals surface area contributed by atoms with Gasteiger partial charge in [0.2, 0.25) is 5.91 Å². The number of hydrogen-bond acceptors (Lipinski definition) is 3. The second kappa shape index (κ2) is 8.16. The van der Waals surface area contributed by atoms with Gasteiger partial charge in [0.25, 0.3) is 0 Å². The molecule has 0 aromatic heterocycles. The molecular formula is C19H28N2O2. The summed E-state index contributed by atoms with van der Waals surface area (Å²) in [5.74, 6) is 1.09. The third-order valence-corrected chi connectivity index (χ3v) is 4.36. The molecule has 1 atom stereocenters. The Morgan fingerprint density at radius 1 is 1.48 bits per heavy atom. The normalized spacial score (nSPS) is 17.6. The van der Waals surface area contributed by atoms with Crippen LogP contribution in [0.2, 0.25) is 0 Å². The summed E-state index contributed by atoms with van der Waals surface area (Å²) in [6.07, 6.45) is 4.29. The van der Waals surface area contributed by atoms with E-state index in [1.807, 2.05) is 12.1 Å². The van der Waals surface area contributed by atoms with E-state index in [-0.39, 0.29) is 11.9 Å². The lowest BCUT2D eigenvalue weighted by Crippen LogP contribution is -2.41. The lowest BCUT2D eigenvalue weighted by Gasteiger charge is -2.29. The van der Waals surface area contributed by atoms with Gasteiger partial charge in [0.05, 0.1) is 7.11 Å². The molecule has 0 radical (unpaired) electrons. The Kier molecular flexibility index (Phi) is 6.22. The van der Waals surface area contributed by atoms with Crippen molar-refractivity contribution in [3.8, 4) is 5.75 Å². The van der Waals surface area contributed by atoms with Gasteiger partial charge in [-0.3, -0.25) is 9.69 Å². The average molecular weight is 316 g/mol. The molecule has 0 spiro atoms. The molecule has 1 heterocycles. The van der Waals surface area contributed by atoms with Gasteiger partial charge in [-0.15, -0.1) is 6.58 Å². The maximum atomic E-state index is 11.4. The van der Waals surface area contributed by atoms with Gasteiger partial charge >= 0.3 is 0 Å². The smallest absolute Gasteiger partial charge is 0.220 e. The lowest BCUT2D eigenvalue weighted by atomic mass is 10.1. The SMILES string of the molecule is C=CCc1cc(CN(CC2CCC(=O)N2)C(C)C)ccc1OC. The minimum Gasteiger partial charge on any atom is -0.496 e. The molecule has 1 aliphatic heterocycles. The molecular weight excluding hydrogens is 288 g/mol. The molecule has 1 fully saturated rings. The van der Waals surface area contributed by atoms with Crippen molar-refractivity contribution in [2.45, 2.75) is 51.7 Å². The first-order valence-corrected chi connectivity index (χ1v) is 8.33. The Morgan fingerprint density at radius 3 is 2.83 bits per heavy atom. The van der Waals surface area contributed by atoms with Gasteiger partial charge in [-0.2, -0.15) is 0 Å². The van der Waals surface area contributed by atoms with Crippen LogP contribution in [0, 0.1) is 0 Å². The monoisotopic (exact) mass is 316 g/mol. The van der Waals surface area contributed by atoms with Gasteiger partial charge < -0.3 is 10.1 Å². The molecule has 4 nitrogen and oxygen atoms in total. The molecule has 1 aromatic rings. The summed E-state index contributed by atoms with van der Waals surface area (Å²) in [4.78, 5) is 13.8. The van der Waals surface area contributed by atoms with E-state index >= 15 is 0 Å². The van der Waals surface area contributed by atoms with Gasteiger partial charge in [-0.1, -0.05) is 18.2 Å². The van der Waals surface area contributed by atoms with Crippen LogP contribution in [0.5, 0.6) is 5.75 Å². The molecule has 0 bridgehead atoms. The highest BCUT2D eigenvalue weighted by Gasteiger charge is 2.24. The Labute approximate surface area is 139 Å². The number of rotatable bonds is 8. The zero-order valence-electron chi connectivity index (χ0n) is 14.5. The average Bonchev–Trinajstić information content (AvgIpc) is 2.92. The number of allylic oxidation sites excluding steroid dienone is 1. The van der Waals surface area contributed by atoms with Crippen molar-refractivity contribution in [3.05, 3.63) is 42.0 Å². The summed E-state index contributed by atoms with van der Waals surface area (Å²) >= 11 is 0. The fourth-order valence-electron chi connectivity index (χ4n) is 3.04. The standard InChI is InChI=1S/C19H28N2O2/c1-5-6-16-11-15(7-9-18(16)23-4)12-21(14(2)3)13-17-8-10-19(22)20-17/h5,7,9,11,14,17H,1,6,8,10,12-13H2,2-4H3,(H,20,22). The zero-order valence-corrected chi connectivity index (χ0v) is 14.5. The predicted molar refractivity (Wildman–Crippen MR) is 93.6 cm³/mol. The number of nitrogens with one attached hydrogen (secondary N) is 1. The van der Waals surface area contributed by atoms with Crippen LogP contribution in [0.4, 0.5) is 0 Å². The van der Waals surface area contributed by atoms with Crippen LogP contribution >= 0.6 is 0 Å². The molecule has 1 N–H and O–H groups in total. The van der Waals surface area contributed by atoms with Crippen molar-refractivity contribution in [2.24, 2.45) is 0 Å². The van der Waals surface area contributed by atoms with Gasteiger partial charge in [-0.25, -0.2) is 0 Å². The van der Waals surface area contributed by atoms with Crippen LogP contribution < -0.4 is 10.1 Å². The highest BCUT2D eigenvalue weighted by molar-refractivity contribution is 5.78. The van der Waals surface area contributed by atoms with E-state index in [0.29, 0.717) is 12.5 Å². The quantitative estimate of drug-likeness (QED) is 0.750. The summed E-state index contributed by atoms with van der Waals surface area (Å²) in [5, 5.41) is 3.06. The minimum absolute atomic E-state index is 0.177. The molecule has 0 aliphatic carbocycles. The number of carbonyl (C=O) groups excluding carboxylic acids is 1. The van der Waals surface area contributed by atoms with Crippen molar-refractivity contribution >= 4 is 5.91 Å². The number of nitrogens with zero attached hydrogens (tertiary/aromatic N) is 1. The van der Waals surface area contributed by atoms with E-state index in [1.54, 1.807) is 7.11 Å². The summed E-state index contributed by atoms with van der Waals surface area (Å²) in [6.45, 7) is 9.99. The molecule has 1 amide bonds. The van der Waals surface area contributed by atoms with Gasteiger partial charge in [-0.05, 0) is 43.9 Å². The number of methoxy groups -OCH3 is 1. The second-order valence-electron chi connectivity index (χ2n) is 6.47. The topological polar surface area (TPSA) is 41.6 Å². The molecule has 1 saturated heterocycles. The highest BCUT2D eigenvalue weighted by atomic mass is 16.5. The maximum Gasteiger partial charge on any atom is 0.220 e. The van der Waals surface area contributed by atoms with Gasteiger partial charge in [0.15, 0.2) is 0 Å². The first kappa shape index (κ1) is 17.5. The van der Waals surface area contributed by atoms with Crippen LogP contribution in [0.25, 0.3) is 0 Å². The van der Waals surface area contributed by atoms with Gasteiger partial charge in [0.1, 0.15) is 5.75 Å². The van der Waals surface area contributed by atoms with E-state index in [4.69, 9.17) is 4.74 Å². The van der Waals surface area contributed by atoms with E-state index in [0.717, 1.165) is 37.2 Å². The molecule has 126 valence electrons. The first-order valence-electron chi connectivity index (χ1n) is 8.33. The molecule has 0 saturated carbocycles. The van der Waals surface area contributed by atoms with Crippen molar-refractivity contribution in [1.29, 1.82) is 0 Å². The van der Waals surface area contributed by atoms with Crippen LogP contribution in [0.3, 0.4) is 0 Å². The maximum absolute atomic E-state index is 11.4. The largest absolute Gasteiger partial charge is 0.496 e. The molecule has 4 heteroatoms. The molecule has 23 heavy (non-hydrogen) atoms. The Balaban J connectivity index is 2.08. The van der Waals surface area contributed by atoms with E-state index in [2.05, 4.69) is 42.8 Å². The molecule has 2 rings (SSSR count). The van der Waals surface area contributed by atoms with E-state index in [1.165, 1.54) is 5.56 Å². The van der Waals surface area contributed by atoms with Crippen molar-refractivity contribution in [3.63, 3.8) is 0 Å². The number of hydrogen-bond donors (Lipinski definition) is 1. The summed E-state index contributed by atoms with van der Waals surface area (Å²) < 4.78 is 5.42. The van der Waals surface area contributed by atoms with Crippen LogP contribution in [-0.2, 0) is 17.8 Å². The molecule has 1 unspecified atom stereocenters. The van der Waals surface area contributed by atoms with Crippen LogP contribution in [0.1, 0.15) is 37.8 Å². The first-order chi connectivity index (χ1) is 11.0. The Bertz CT molecular complexity index is 554. The fraction of sp³-hybridized carbons (Fsp3) is 0.526. The highest BCUT2D eigenvalue weighted by Crippen LogP contribution is 2.22. The summed E-state index contributed by atoms with van der Waals surface area (Å²) in [5.41, 5.74) is 2.43. The fourth-order valence-corrected chi connectivity index (χ4v) is 3.04. The third kappa shape index (κ3) is 4.83. The van der Waals surface area contributed by atoms with Crippen molar-refractivity contribution in [2.75, 3.05) is 13.7 Å². The summed E-state index contributed by atoms with van der Waals surface area (Å²) in [6, 6.07) is 7.05. The van der Waals surface area contributed by atoms with Crippen molar-refractivity contribution < 1.29 is 9.53 Å². The number of benzene rings is 1. The zero-order chi connectivity index (χ0) is 16.8.